The molecule has 0 saturated carbocycles. The summed E-state index contributed by atoms with van der Waals surface area (Å²) >= 11 is 7.16. The molecule has 2 heterocycles. The van der Waals surface area contributed by atoms with Gasteiger partial charge in [-0.3, -0.25) is 4.79 Å². The van der Waals surface area contributed by atoms with Gasteiger partial charge in [0.15, 0.2) is 5.65 Å². The number of halogens is 1. The van der Waals surface area contributed by atoms with Crippen LogP contribution in [0, 0.1) is 0 Å². The number of rotatable bonds is 4. The third-order valence-corrected chi connectivity index (χ3v) is 5.03. The number of nitrogens with one attached hydrogen (secondary N) is 1. The van der Waals surface area contributed by atoms with Crippen molar-refractivity contribution in [3.63, 3.8) is 0 Å². The molecule has 2 aromatic carbocycles. The number of anilines is 1. The molecule has 4 aromatic rings. The van der Waals surface area contributed by atoms with Crippen molar-refractivity contribution in [2.75, 3.05) is 5.32 Å². The third-order valence-electron chi connectivity index (χ3n) is 3.83. The Morgan fingerprint density at radius 1 is 1.19 bits per heavy atom. The number of hydrogen-bond donors (Lipinski definition) is 1. The fraction of sp³-hybridized carbons (Fsp3) is 0.111. The summed E-state index contributed by atoms with van der Waals surface area (Å²) in [6.07, 6.45) is 1.63. The van der Waals surface area contributed by atoms with Crippen molar-refractivity contribution in [2.45, 2.75) is 17.3 Å². The summed E-state index contributed by atoms with van der Waals surface area (Å²) < 4.78 is 1.63. The standard InChI is InChI=1S/C18H14ClN5OS/c1-11(17(25)21-13-8-6-12(19)7-9-13)26-18-22-16-14-4-2-3-5-15(14)20-10-24(16)23-18/h2-11H,1H3,(H,21,25). The van der Waals surface area contributed by atoms with Crippen molar-refractivity contribution in [1.29, 1.82) is 0 Å². The molecule has 1 unspecified atom stereocenters. The number of hydrogen-bond acceptors (Lipinski definition) is 5. The molecule has 0 fully saturated rings. The van der Waals surface area contributed by atoms with Gasteiger partial charge in [0.1, 0.15) is 6.33 Å². The van der Waals surface area contributed by atoms with Crippen molar-refractivity contribution < 1.29 is 4.79 Å². The van der Waals surface area contributed by atoms with Crippen molar-refractivity contribution in [1.82, 2.24) is 19.6 Å². The summed E-state index contributed by atoms with van der Waals surface area (Å²) in [6, 6.07) is 14.7. The molecule has 130 valence electrons. The maximum atomic E-state index is 12.4. The number of carbonyl (C=O) groups is 1. The van der Waals surface area contributed by atoms with E-state index in [2.05, 4.69) is 20.4 Å². The van der Waals surface area contributed by atoms with Gasteiger partial charge in [0.25, 0.3) is 0 Å². The lowest BCUT2D eigenvalue weighted by molar-refractivity contribution is -0.115. The Hall–Kier alpha value is -2.64. The highest BCUT2D eigenvalue weighted by atomic mass is 35.5. The zero-order valence-corrected chi connectivity index (χ0v) is 15.3. The van der Waals surface area contributed by atoms with Crippen LogP contribution in [0.2, 0.25) is 5.02 Å². The van der Waals surface area contributed by atoms with E-state index in [4.69, 9.17) is 11.6 Å². The Morgan fingerprint density at radius 2 is 1.96 bits per heavy atom. The number of amides is 1. The lowest BCUT2D eigenvalue weighted by Crippen LogP contribution is -2.22. The van der Waals surface area contributed by atoms with Gasteiger partial charge in [-0.05, 0) is 43.3 Å². The van der Waals surface area contributed by atoms with E-state index in [-0.39, 0.29) is 11.2 Å². The van der Waals surface area contributed by atoms with Crippen LogP contribution in [0.4, 0.5) is 5.69 Å². The van der Waals surface area contributed by atoms with E-state index in [9.17, 15) is 4.79 Å². The predicted octanol–water partition coefficient (Wildman–Crippen LogP) is 4.05. The minimum Gasteiger partial charge on any atom is -0.325 e. The topological polar surface area (TPSA) is 72.2 Å². The molecule has 0 bridgehead atoms. The number of carbonyl (C=O) groups excluding carboxylic acids is 1. The predicted molar refractivity (Wildman–Crippen MR) is 104 cm³/mol. The smallest absolute Gasteiger partial charge is 0.237 e. The fourth-order valence-corrected chi connectivity index (χ4v) is 3.38. The highest BCUT2D eigenvalue weighted by molar-refractivity contribution is 8.00. The molecule has 1 atom stereocenters. The molecule has 0 radical (unpaired) electrons. The van der Waals surface area contributed by atoms with Gasteiger partial charge in [-0.25, -0.2) is 14.5 Å². The van der Waals surface area contributed by atoms with Crippen LogP contribution in [-0.2, 0) is 4.79 Å². The lowest BCUT2D eigenvalue weighted by atomic mass is 10.2. The van der Waals surface area contributed by atoms with Crippen LogP contribution in [0.1, 0.15) is 6.92 Å². The van der Waals surface area contributed by atoms with E-state index in [1.165, 1.54) is 11.8 Å². The highest BCUT2D eigenvalue weighted by Gasteiger charge is 2.18. The maximum absolute atomic E-state index is 12.4. The van der Waals surface area contributed by atoms with E-state index in [0.717, 1.165) is 16.6 Å². The van der Waals surface area contributed by atoms with E-state index in [0.29, 0.717) is 15.9 Å². The van der Waals surface area contributed by atoms with Crippen molar-refractivity contribution in [3.05, 3.63) is 59.9 Å². The van der Waals surface area contributed by atoms with E-state index >= 15 is 0 Å². The minimum atomic E-state index is -0.359. The molecule has 0 saturated heterocycles. The Labute approximate surface area is 158 Å². The Bertz CT molecular complexity index is 1100. The van der Waals surface area contributed by atoms with Crippen LogP contribution >= 0.6 is 23.4 Å². The summed E-state index contributed by atoms with van der Waals surface area (Å²) in [5, 5.41) is 8.99. The number of nitrogens with zero attached hydrogens (tertiary/aromatic N) is 4. The quantitative estimate of drug-likeness (QED) is 0.538. The highest BCUT2D eigenvalue weighted by Crippen LogP contribution is 2.24. The van der Waals surface area contributed by atoms with Gasteiger partial charge >= 0.3 is 0 Å². The summed E-state index contributed by atoms with van der Waals surface area (Å²) in [4.78, 5) is 21.3. The molecule has 26 heavy (non-hydrogen) atoms. The van der Waals surface area contributed by atoms with Crippen LogP contribution in [0.25, 0.3) is 16.6 Å². The van der Waals surface area contributed by atoms with Gasteiger partial charge < -0.3 is 5.32 Å². The number of para-hydroxylation sites is 1. The fourth-order valence-electron chi connectivity index (χ4n) is 2.50. The third kappa shape index (κ3) is 3.36. The Kier molecular flexibility index (Phi) is 4.48. The zero-order valence-electron chi connectivity index (χ0n) is 13.8. The lowest BCUT2D eigenvalue weighted by Gasteiger charge is -2.10. The molecule has 1 amide bonds. The molecule has 8 heteroatoms. The largest absolute Gasteiger partial charge is 0.325 e. The first-order valence-electron chi connectivity index (χ1n) is 7.93. The first-order chi connectivity index (χ1) is 12.6. The molecular weight excluding hydrogens is 370 g/mol. The second-order valence-corrected chi connectivity index (χ2v) is 7.42. The molecule has 2 aromatic heterocycles. The second kappa shape index (κ2) is 6.93. The monoisotopic (exact) mass is 383 g/mol. The van der Waals surface area contributed by atoms with Crippen molar-refractivity contribution >= 4 is 51.5 Å². The average molecular weight is 384 g/mol. The first kappa shape index (κ1) is 16.8. The van der Waals surface area contributed by atoms with Crippen LogP contribution in [0.5, 0.6) is 0 Å². The SMILES string of the molecule is CC(Sc1nc2c3ccccc3ncn2n1)C(=O)Nc1ccc(Cl)cc1. The Balaban J connectivity index is 1.53. The van der Waals surface area contributed by atoms with Gasteiger partial charge in [-0.2, -0.15) is 0 Å². The van der Waals surface area contributed by atoms with Gasteiger partial charge in [0, 0.05) is 16.1 Å². The molecule has 6 nitrogen and oxygen atoms in total. The van der Waals surface area contributed by atoms with Gasteiger partial charge in [0.05, 0.1) is 10.8 Å². The molecule has 0 aliphatic heterocycles. The molecule has 0 spiro atoms. The van der Waals surface area contributed by atoms with Crippen LogP contribution in [-0.4, -0.2) is 30.7 Å². The normalized spacial score (nSPS) is 12.4. The van der Waals surface area contributed by atoms with Gasteiger partial charge in [0.2, 0.25) is 11.1 Å². The van der Waals surface area contributed by atoms with E-state index < -0.39 is 0 Å². The summed E-state index contributed by atoms with van der Waals surface area (Å²) in [6.45, 7) is 1.82. The van der Waals surface area contributed by atoms with Crippen LogP contribution in [0.3, 0.4) is 0 Å². The summed E-state index contributed by atoms with van der Waals surface area (Å²) in [5.74, 6) is -0.126. The van der Waals surface area contributed by atoms with Crippen LogP contribution < -0.4 is 5.32 Å². The summed E-state index contributed by atoms with van der Waals surface area (Å²) in [5.41, 5.74) is 2.28. The minimum absolute atomic E-state index is 0.126. The Morgan fingerprint density at radius 3 is 2.77 bits per heavy atom. The molecule has 4 rings (SSSR count). The molecule has 0 aliphatic rings. The zero-order chi connectivity index (χ0) is 18.1. The number of aromatic nitrogens is 4. The van der Waals surface area contributed by atoms with Gasteiger partial charge in [-0.15, -0.1) is 5.10 Å². The van der Waals surface area contributed by atoms with Gasteiger partial charge in [-0.1, -0.05) is 35.5 Å². The number of benzene rings is 2. The van der Waals surface area contributed by atoms with Crippen molar-refractivity contribution in [2.24, 2.45) is 0 Å². The van der Waals surface area contributed by atoms with E-state index in [1.54, 1.807) is 35.1 Å². The van der Waals surface area contributed by atoms with Crippen LogP contribution in [0.15, 0.2) is 60.0 Å². The second-order valence-electron chi connectivity index (χ2n) is 5.68. The number of fused-ring (bicyclic) bond motifs is 3. The van der Waals surface area contributed by atoms with E-state index in [1.807, 2.05) is 31.2 Å². The summed E-state index contributed by atoms with van der Waals surface area (Å²) in [7, 11) is 0. The molecular formula is C18H14ClN5OS. The average Bonchev–Trinajstić information content (AvgIpc) is 3.06. The maximum Gasteiger partial charge on any atom is 0.237 e. The molecule has 1 N–H and O–H groups in total. The molecule has 0 aliphatic carbocycles. The number of thioether (sulfide) groups is 1. The van der Waals surface area contributed by atoms with Crippen molar-refractivity contribution in [3.8, 4) is 0 Å². The first-order valence-corrected chi connectivity index (χ1v) is 9.19.